The van der Waals surface area contributed by atoms with Crippen molar-refractivity contribution in [2.75, 3.05) is 67.2 Å². The van der Waals surface area contributed by atoms with Gasteiger partial charge in [-0.2, -0.15) is 28.1 Å². The molecular weight excluding hydrogens is 478 g/mol. The maximum atomic E-state index is 13.9. The third-order valence-corrected chi connectivity index (χ3v) is 6.28. The average Bonchev–Trinajstić information content (AvgIpc) is 2.90. The van der Waals surface area contributed by atoms with Gasteiger partial charge in [0.2, 0.25) is 11.9 Å². The zero-order valence-electron chi connectivity index (χ0n) is 19.7. The third kappa shape index (κ3) is 5.03. The molecule has 3 aromatic rings. The van der Waals surface area contributed by atoms with Gasteiger partial charge in [0.25, 0.3) is 0 Å². The van der Waals surface area contributed by atoms with Gasteiger partial charge in [-0.15, -0.1) is 0 Å². The summed E-state index contributed by atoms with van der Waals surface area (Å²) in [5, 5.41) is 0. The van der Waals surface area contributed by atoms with Gasteiger partial charge >= 0.3 is 6.18 Å². The van der Waals surface area contributed by atoms with E-state index in [-0.39, 0.29) is 11.6 Å². The molecule has 2 aliphatic heterocycles. The predicted molar refractivity (Wildman–Crippen MR) is 127 cm³/mol. The number of halogens is 4. The van der Waals surface area contributed by atoms with Crippen LogP contribution in [-0.2, 0) is 10.9 Å². The number of alkyl halides is 3. The Morgan fingerprint density at radius 3 is 2.11 bits per heavy atom. The number of ether oxygens (including phenoxy) is 1. The lowest BCUT2D eigenvalue weighted by molar-refractivity contribution is -0.137. The number of anilines is 3. The van der Waals surface area contributed by atoms with Crippen LogP contribution in [-0.4, -0.2) is 72.4 Å². The molecule has 36 heavy (non-hydrogen) atoms. The predicted octanol–water partition coefficient (Wildman–Crippen LogP) is 3.56. The minimum atomic E-state index is -4.48. The first-order valence-electron chi connectivity index (χ1n) is 11.7. The molecule has 0 amide bonds. The summed E-state index contributed by atoms with van der Waals surface area (Å²) in [6, 6.07) is 7.04. The van der Waals surface area contributed by atoms with Crippen molar-refractivity contribution in [3.8, 4) is 11.4 Å². The number of hydrogen-bond donors (Lipinski definition) is 0. The van der Waals surface area contributed by atoms with Crippen LogP contribution >= 0.6 is 0 Å². The molecule has 0 atom stereocenters. The highest BCUT2D eigenvalue weighted by molar-refractivity contribution is 5.60. The zero-order valence-corrected chi connectivity index (χ0v) is 19.7. The summed E-state index contributed by atoms with van der Waals surface area (Å²) in [4.78, 5) is 23.6. The smallest absolute Gasteiger partial charge is 0.378 e. The van der Waals surface area contributed by atoms with Gasteiger partial charge in [0, 0.05) is 51.0 Å². The second-order valence-electron chi connectivity index (χ2n) is 8.67. The Morgan fingerprint density at radius 2 is 1.47 bits per heavy atom. The summed E-state index contributed by atoms with van der Waals surface area (Å²) >= 11 is 0. The Labute approximate surface area is 205 Å². The number of rotatable bonds is 4. The van der Waals surface area contributed by atoms with E-state index in [1.165, 1.54) is 18.3 Å². The molecule has 0 unspecified atom stereocenters. The summed E-state index contributed by atoms with van der Waals surface area (Å²) in [7, 11) is 0. The molecule has 2 fully saturated rings. The molecule has 0 radical (unpaired) electrons. The molecule has 0 bridgehead atoms. The number of morpholine rings is 1. The lowest BCUT2D eigenvalue weighted by atomic mass is 10.1. The Bertz CT molecular complexity index is 1230. The lowest BCUT2D eigenvalue weighted by Gasteiger charge is -2.36. The zero-order chi connectivity index (χ0) is 25.3. The van der Waals surface area contributed by atoms with Crippen LogP contribution < -0.4 is 14.7 Å². The van der Waals surface area contributed by atoms with Crippen LogP contribution in [0.2, 0.25) is 0 Å². The molecule has 2 saturated heterocycles. The van der Waals surface area contributed by atoms with Crippen molar-refractivity contribution < 1.29 is 22.3 Å². The Kier molecular flexibility index (Phi) is 6.61. The molecule has 2 aliphatic rings. The average molecular weight is 504 g/mol. The molecule has 190 valence electrons. The summed E-state index contributed by atoms with van der Waals surface area (Å²) in [5.41, 5.74) is 0.392. The van der Waals surface area contributed by atoms with Gasteiger partial charge in [0.1, 0.15) is 11.6 Å². The van der Waals surface area contributed by atoms with E-state index in [0.29, 0.717) is 81.3 Å². The molecule has 0 spiro atoms. The minimum Gasteiger partial charge on any atom is -0.378 e. The van der Waals surface area contributed by atoms with Crippen LogP contribution in [0.1, 0.15) is 11.1 Å². The number of pyridine rings is 1. The Hall–Kier alpha value is -3.54. The van der Waals surface area contributed by atoms with Crippen LogP contribution in [0.15, 0.2) is 36.5 Å². The quantitative estimate of drug-likeness (QED) is 0.501. The number of piperazine rings is 1. The van der Waals surface area contributed by atoms with Crippen LogP contribution in [0.25, 0.3) is 11.4 Å². The summed E-state index contributed by atoms with van der Waals surface area (Å²) in [6.07, 6.45) is -3.11. The Morgan fingerprint density at radius 1 is 0.833 bits per heavy atom. The number of hydrogen-bond acceptors (Lipinski definition) is 8. The Balaban J connectivity index is 1.43. The summed E-state index contributed by atoms with van der Waals surface area (Å²) in [6.45, 7) is 5.48. The number of aryl methyl sites for hydroxylation is 1. The fourth-order valence-corrected chi connectivity index (χ4v) is 4.30. The van der Waals surface area contributed by atoms with Gasteiger partial charge in [-0.25, -0.2) is 9.37 Å². The first kappa shape index (κ1) is 24.2. The first-order chi connectivity index (χ1) is 17.3. The van der Waals surface area contributed by atoms with Crippen molar-refractivity contribution >= 4 is 17.7 Å². The van der Waals surface area contributed by atoms with Gasteiger partial charge < -0.3 is 19.4 Å². The van der Waals surface area contributed by atoms with Crippen molar-refractivity contribution in [2.45, 2.75) is 13.1 Å². The highest BCUT2D eigenvalue weighted by Crippen LogP contribution is 2.35. The highest BCUT2D eigenvalue weighted by atomic mass is 19.4. The normalized spacial score (nSPS) is 17.0. The van der Waals surface area contributed by atoms with Crippen LogP contribution in [0, 0.1) is 12.7 Å². The van der Waals surface area contributed by atoms with E-state index in [9.17, 15) is 17.6 Å². The first-order valence-corrected chi connectivity index (χ1v) is 11.7. The van der Waals surface area contributed by atoms with Crippen molar-refractivity contribution in [1.29, 1.82) is 0 Å². The van der Waals surface area contributed by atoms with Gasteiger partial charge in [-0.1, -0.05) is 0 Å². The van der Waals surface area contributed by atoms with Crippen molar-refractivity contribution in [3.05, 3.63) is 53.5 Å². The van der Waals surface area contributed by atoms with Crippen LogP contribution in [0.3, 0.4) is 0 Å². The second-order valence-corrected chi connectivity index (χ2v) is 8.67. The van der Waals surface area contributed by atoms with E-state index in [0.717, 1.165) is 6.07 Å². The molecule has 2 aromatic heterocycles. The molecule has 1 aromatic carbocycles. The third-order valence-electron chi connectivity index (χ3n) is 6.28. The van der Waals surface area contributed by atoms with Gasteiger partial charge in [0.15, 0.2) is 5.82 Å². The molecule has 0 saturated carbocycles. The molecular formula is C24H25F4N7O. The van der Waals surface area contributed by atoms with Crippen LogP contribution in [0.5, 0.6) is 0 Å². The fraction of sp³-hybridized carbons (Fsp3) is 0.417. The maximum Gasteiger partial charge on any atom is 0.419 e. The van der Waals surface area contributed by atoms with E-state index >= 15 is 0 Å². The van der Waals surface area contributed by atoms with E-state index in [1.807, 2.05) is 9.80 Å². The second kappa shape index (κ2) is 9.84. The molecule has 8 nitrogen and oxygen atoms in total. The van der Waals surface area contributed by atoms with E-state index in [2.05, 4.69) is 19.9 Å². The SMILES string of the molecule is Cc1cc(-c2nc(N3CCOCC3)nc(N3CCN(c4ncccc4C(F)(F)F)CC3)n2)ccc1F. The van der Waals surface area contributed by atoms with E-state index in [1.54, 1.807) is 24.0 Å². The minimum absolute atomic E-state index is 0.0724. The number of benzene rings is 1. The molecule has 4 heterocycles. The molecule has 5 rings (SSSR count). The van der Waals surface area contributed by atoms with E-state index < -0.39 is 11.7 Å². The van der Waals surface area contributed by atoms with Crippen molar-refractivity contribution in [1.82, 2.24) is 19.9 Å². The topological polar surface area (TPSA) is 70.5 Å². The van der Waals surface area contributed by atoms with Crippen molar-refractivity contribution in [2.24, 2.45) is 0 Å². The molecule has 0 N–H and O–H groups in total. The summed E-state index contributed by atoms with van der Waals surface area (Å²) in [5.74, 6) is 0.949. The monoisotopic (exact) mass is 503 g/mol. The number of aromatic nitrogens is 4. The lowest BCUT2D eigenvalue weighted by Crippen LogP contribution is -2.48. The maximum absolute atomic E-state index is 13.9. The van der Waals surface area contributed by atoms with Crippen molar-refractivity contribution in [3.63, 3.8) is 0 Å². The van der Waals surface area contributed by atoms with Gasteiger partial charge in [0.05, 0.1) is 18.8 Å². The van der Waals surface area contributed by atoms with E-state index in [4.69, 9.17) is 4.74 Å². The summed E-state index contributed by atoms with van der Waals surface area (Å²) < 4.78 is 59.8. The van der Waals surface area contributed by atoms with Gasteiger partial charge in [-0.05, 0) is 42.8 Å². The largest absolute Gasteiger partial charge is 0.419 e. The van der Waals surface area contributed by atoms with Crippen LogP contribution in [0.4, 0.5) is 35.3 Å². The molecule has 0 aliphatic carbocycles. The number of nitrogens with zero attached hydrogens (tertiary/aromatic N) is 7. The standard InChI is InChI=1S/C24H25F4N7O/c1-16-15-17(4-5-19(16)25)20-30-22(32-23(31-20)35-11-13-36-14-12-35)34-9-7-33(8-10-34)21-18(24(26,27)28)3-2-6-29-21/h2-6,15H,7-14H2,1H3. The van der Waals surface area contributed by atoms with Gasteiger partial charge in [-0.3, -0.25) is 0 Å². The fourth-order valence-electron chi connectivity index (χ4n) is 4.30. The molecule has 12 heteroatoms. The highest BCUT2D eigenvalue weighted by Gasteiger charge is 2.36.